The molecule has 0 atom stereocenters. The Labute approximate surface area is 143 Å². The van der Waals surface area contributed by atoms with E-state index in [9.17, 15) is 0 Å². The van der Waals surface area contributed by atoms with Gasteiger partial charge in [-0.25, -0.2) is 4.52 Å². The van der Waals surface area contributed by atoms with E-state index in [1.807, 2.05) is 18.2 Å². The summed E-state index contributed by atoms with van der Waals surface area (Å²) in [6, 6.07) is 31.5. The minimum atomic E-state index is -2.15. The highest BCUT2D eigenvalue weighted by Crippen LogP contribution is 2.56. The van der Waals surface area contributed by atoms with Crippen LogP contribution in [-0.4, -0.2) is 12.5 Å². The molecule has 0 aliphatic heterocycles. The highest BCUT2D eigenvalue weighted by Gasteiger charge is 2.47. The molecule has 0 radical (unpaired) electrons. The fourth-order valence-corrected chi connectivity index (χ4v) is 6.42. The molecule has 0 saturated heterocycles. The van der Waals surface area contributed by atoms with Crippen LogP contribution in [0.25, 0.3) is 0 Å². The van der Waals surface area contributed by atoms with Crippen molar-refractivity contribution in [3.8, 4) is 0 Å². The molecule has 0 saturated carbocycles. The van der Waals surface area contributed by atoms with Gasteiger partial charge in [-0.3, -0.25) is 0 Å². The SMILES string of the molecule is ClCCO[P+](c1ccccc1)(c1ccccc1)c1ccccc1. The zero-order valence-corrected chi connectivity index (χ0v) is 14.5. The summed E-state index contributed by atoms with van der Waals surface area (Å²) < 4.78 is 6.52. The molecule has 0 amide bonds. The number of benzene rings is 3. The molecule has 1 nitrogen and oxygen atoms in total. The van der Waals surface area contributed by atoms with Gasteiger partial charge in [0.05, 0.1) is 5.88 Å². The van der Waals surface area contributed by atoms with Crippen molar-refractivity contribution < 1.29 is 4.52 Å². The summed E-state index contributed by atoms with van der Waals surface area (Å²) >= 11 is 5.96. The van der Waals surface area contributed by atoms with Crippen LogP contribution in [-0.2, 0) is 4.52 Å². The second-order valence-electron chi connectivity index (χ2n) is 5.14. The maximum absolute atomic E-state index is 6.52. The number of halogens is 1. The Balaban J connectivity index is 2.25. The van der Waals surface area contributed by atoms with Gasteiger partial charge < -0.3 is 0 Å². The first-order valence-corrected chi connectivity index (χ1v) is 9.88. The molecule has 3 aromatic rings. The second-order valence-corrected chi connectivity index (χ2v) is 8.54. The Kier molecular flexibility index (Phi) is 5.46. The van der Waals surface area contributed by atoms with Crippen LogP contribution in [0, 0.1) is 0 Å². The summed E-state index contributed by atoms with van der Waals surface area (Å²) in [5.41, 5.74) is 0. The maximum Gasteiger partial charge on any atom is 0.242 e. The third kappa shape index (κ3) is 3.33. The lowest BCUT2D eigenvalue weighted by Gasteiger charge is -2.25. The number of hydrogen-bond acceptors (Lipinski definition) is 1. The average molecular weight is 342 g/mol. The summed E-state index contributed by atoms with van der Waals surface area (Å²) in [5, 5.41) is 3.63. The molecule has 0 unspecified atom stereocenters. The largest absolute Gasteiger partial charge is 0.242 e. The van der Waals surface area contributed by atoms with Crippen LogP contribution in [0.15, 0.2) is 91.0 Å². The van der Waals surface area contributed by atoms with E-state index in [4.69, 9.17) is 16.1 Å². The van der Waals surface area contributed by atoms with Crippen molar-refractivity contribution in [3.63, 3.8) is 0 Å². The summed E-state index contributed by atoms with van der Waals surface area (Å²) in [7, 11) is -2.15. The summed E-state index contributed by atoms with van der Waals surface area (Å²) in [4.78, 5) is 0. The Morgan fingerprint density at radius 2 is 0.957 bits per heavy atom. The second kappa shape index (κ2) is 7.75. The number of hydrogen-bond donors (Lipinski definition) is 0. The molecule has 116 valence electrons. The van der Waals surface area contributed by atoms with Gasteiger partial charge in [0.1, 0.15) is 22.5 Å². The fourth-order valence-electron chi connectivity index (χ4n) is 2.76. The molecule has 3 rings (SSSR count). The third-order valence-corrected chi connectivity index (χ3v) is 7.52. The lowest BCUT2D eigenvalue weighted by molar-refractivity contribution is 0.384. The molecule has 0 spiro atoms. The van der Waals surface area contributed by atoms with Gasteiger partial charge in [0.2, 0.25) is 7.49 Å². The topological polar surface area (TPSA) is 9.23 Å². The monoisotopic (exact) mass is 341 g/mol. The fraction of sp³-hybridized carbons (Fsp3) is 0.100. The summed E-state index contributed by atoms with van der Waals surface area (Å²) in [5.74, 6) is 0.480. The van der Waals surface area contributed by atoms with Gasteiger partial charge >= 0.3 is 0 Å². The molecule has 0 aliphatic rings. The molecule has 0 N–H and O–H groups in total. The Morgan fingerprint density at radius 3 is 1.26 bits per heavy atom. The normalized spacial score (nSPS) is 11.3. The Morgan fingerprint density at radius 1 is 0.609 bits per heavy atom. The van der Waals surface area contributed by atoms with Gasteiger partial charge in [0, 0.05) is 0 Å². The van der Waals surface area contributed by atoms with Crippen molar-refractivity contribution >= 4 is 35.0 Å². The first kappa shape index (κ1) is 16.2. The molecule has 0 heterocycles. The van der Waals surface area contributed by atoms with Gasteiger partial charge in [0.15, 0.2) is 0 Å². The standard InChI is InChI=1S/C20H19ClOP/c21-16-17-22-23(18-10-4-1-5-11-18,19-12-6-2-7-13-19)20-14-8-3-9-15-20/h1-15H,16-17H2/q+1. The Hall–Kier alpha value is -1.66. The minimum Gasteiger partial charge on any atom is -0.220 e. The van der Waals surface area contributed by atoms with Crippen molar-refractivity contribution in [1.82, 2.24) is 0 Å². The zero-order valence-electron chi connectivity index (χ0n) is 12.8. The smallest absolute Gasteiger partial charge is 0.220 e. The highest BCUT2D eigenvalue weighted by atomic mass is 35.5. The number of rotatable bonds is 6. The van der Waals surface area contributed by atoms with E-state index >= 15 is 0 Å². The van der Waals surface area contributed by atoms with Crippen LogP contribution < -0.4 is 15.9 Å². The lowest BCUT2D eigenvalue weighted by atomic mass is 10.4. The van der Waals surface area contributed by atoms with E-state index in [1.54, 1.807) is 0 Å². The highest BCUT2D eigenvalue weighted by molar-refractivity contribution is 7.91. The van der Waals surface area contributed by atoms with Crippen LogP contribution >= 0.6 is 19.1 Å². The van der Waals surface area contributed by atoms with E-state index in [0.717, 1.165) is 0 Å². The molecule has 3 heteroatoms. The van der Waals surface area contributed by atoms with Gasteiger partial charge in [0.25, 0.3) is 0 Å². The molecule has 3 aromatic carbocycles. The van der Waals surface area contributed by atoms with Crippen LogP contribution in [0.4, 0.5) is 0 Å². The molecular formula is C20H19ClOP+. The van der Waals surface area contributed by atoms with Crippen LogP contribution in [0.2, 0.25) is 0 Å². The van der Waals surface area contributed by atoms with E-state index < -0.39 is 7.49 Å². The number of alkyl halides is 1. The van der Waals surface area contributed by atoms with Gasteiger partial charge in [-0.2, -0.15) is 0 Å². The molecule has 0 aliphatic carbocycles. The van der Waals surface area contributed by atoms with E-state index in [0.29, 0.717) is 12.5 Å². The molecule has 0 bridgehead atoms. The van der Waals surface area contributed by atoms with Crippen LogP contribution in [0.3, 0.4) is 0 Å². The predicted molar refractivity (Wildman–Crippen MR) is 102 cm³/mol. The van der Waals surface area contributed by atoms with Crippen molar-refractivity contribution in [3.05, 3.63) is 91.0 Å². The van der Waals surface area contributed by atoms with E-state index in [1.165, 1.54) is 15.9 Å². The zero-order chi connectivity index (χ0) is 16.0. The Bertz CT molecular complexity index is 620. The molecule has 0 fully saturated rings. The quantitative estimate of drug-likeness (QED) is 0.483. The van der Waals surface area contributed by atoms with Gasteiger partial charge in [-0.15, -0.1) is 11.6 Å². The van der Waals surface area contributed by atoms with E-state index in [2.05, 4.69) is 72.8 Å². The van der Waals surface area contributed by atoms with Crippen molar-refractivity contribution in [1.29, 1.82) is 0 Å². The molecular weight excluding hydrogens is 323 g/mol. The van der Waals surface area contributed by atoms with Crippen molar-refractivity contribution in [2.24, 2.45) is 0 Å². The minimum absolute atomic E-state index is 0.480. The van der Waals surface area contributed by atoms with Crippen molar-refractivity contribution in [2.75, 3.05) is 12.5 Å². The van der Waals surface area contributed by atoms with Crippen molar-refractivity contribution in [2.45, 2.75) is 0 Å². The van der Waals surface area contributed by atoms with Gasteiger partial charge in [-0.05, 0) is 36.4 Å². The molecule has 0 aromatic heterocycles. The summed E-state index contributed by atoms with van der Waals surface area (Å²) in [6.07, 6.45) is 0. The summed E-state index contributed by atoms with van der Waals surface area (Å²) in [6.45, 7) is 0.522. The first-order chi connectivity index (χ1) is 11.4. The van der Waals surface area contributed by atoms with Crippen LogP contribution in [0.5, 0.6) is 0 Å². The third-order valence-electron chi connectivity index (χ3n) is 3.72. The van der Waals surface area contributed by atoms with E-state index in [-0.39, 0.29) is 0 Å². The van der Waals surface area contributed by atoms with Gasteiger partial charge in [-0.1, -0.05) is 54.6 Å². The van der Waals surface area contributed by atoms with Crippen LogP contribution in [0.1, 0.15) is 0 Å². The predicted octanol–water partition coefficient (Wildman–Crippen LogP) is 4.15. The average Bonchev–Trinajstić information content (AvgIpc) is 2.65. The molecule has 23 heavy (non-hydrogen) atoms. The maximum atomic E-state index is 6.52. The lowest BCUT2D eigenvalue weighted by Crippen LogP contribution is -2.33. The first-order valence-electron chi connectivity index (χ1n) is 7.64.